The fraction of sp³-hybridized carbons (Fsp3) is 0.438. The Morgan fingerprint density at radius 3 is 2.59 bits per heavy atom. The number of benzene rings is 1. The first-order valence-corrected chi connectivity index (χ1v) is 7.62. The molecule has 0 saturated heterocycles. The number of carbonyl (C=O) groups is 1. The van der Waals surface area contributed by atoms with Gasteiger partial charge in [-0.2, -0.15) is 0 Å². The van der Waals surface area contributed by atoms with Crippen LogP contribution >= 0.6 is 0 Å². The molecule has 0 unspecified atom stereocenters. The van der Waals surface area contributed by atoms with Crippen molar-refractivity contribution < 1.29 is 4.79 Å². The van der Waals surface area contributed by atoms with Crippen LogP contribution in [-0.4, -0.2) is 22.2 Å². The summed E-state index contributed by atoms with van der Waals surface area (Å²) in [6.07, 6.45) is 4.28. The van der Waals surface area contributed by atoms with Gasteiger partial charge in [-0.3, -0.25) is 19.5 Å². The molecule has 2 N–H and O–H groups in total. The highest BCUT2D eigenvalue weighted by molar-refractivity contribution is 5.81. The van der Waals surface area contributed by atoms with Gasteiger partial charge in [-0.1, -0.05) is 38.3 Å². The van der Waals surface area contributed by atoms with Crippen LogP contribution in [-0.2, 0) is 11.3 Å². The Balaban J connectivity index is 2.06. The molecule has 22 heavy (non-hydrogen) atoms. The van der Waals surface area contributed by atoms with Crippen LogP contribution < -0.4 is 16.4 Å². The van der Waals surface area contributed by atoms with Gasteiger partial charge in [-0.05, 0) is 18.6 Å². The molecule has 118 valence electrons. The second-order valence-electron chi connectivity index (χ2n) is 5.29. The Hall–Kier alpha value is -2.37. The van der Waals surface area contributed by atoms with Crippen LogP contribution in [0.1, 0.15) is 32.6 Å². The minimum absolute atomic E-state index is 0.174. The van der Waals surface area contributed by atoms with Crippen LogP contribution in [0.3, 0.4) is 0 Å². The molecule has 6 nitrogen and oxygen atoms in total. The molecule has 1 heterocycles. The van der Waals surface area contributed by atoms with E-state index in [0.29, 0.717) is 17.3 Å². The van der Waals surface area contributed by atoms with Gasteiger partial charge in [-0.25, -0.2) is 4.68 Å². The number of aromatic amines is 1. The summed E-state index contributed by atoms with van der Waals surface area (Å²) < 4.78 is 1.06. The predicted octanol–water partition coefficient (Wildman–Crippen LogP) is 1.39. The maximum Gasteiger partial charge on any atom is 0.273 e. The Bertz CT molecular complexity index is 761. The fourth-order valence-electron chi connectivity index (χ4n) is 2.34. The predicted molar refractivity (Wildman–Crippen MR) is 86.0 cm³/mol. The van der Waals surface area contributed by atoms with E-state index in [1.54, 1.807) is 24.3 Å². The van der Waals surface area contributed by atoms with Crippen LogP contribution in [0.5, 0.6) is 0 Å². The minimum atomic E-state index is -0.369. The first-order valence-electron chi connectivity index (χ1n) is 7.62. The van der Waals surface area contributed by atoms with Gasteiger partial charge in [0.1, 0.15) is 6.54 Å². The van der Waals surface area contributed by atoms with Crippen molar-refractivity contribution >= 4 is 16.7 Å². The number of nitrogens with one attached hydrogen (secondary N) is 2. The number of aromatic nitrogens is 2. The Morgan fingerprint density at radius 2 is 1.86 bits per heavy atom. The second kappa shape index (κ2) is 7.59. The fourth-order valence-corrected chi connectivity index (χ4v) is 2.34. The molecule has 0 fully saturated rings. The van der Waals surface area contributed by atoms with Crippen molar-refractivity contribution in [2.24, 2.45) is 0 Å². The quantitative estimate of drug-likeness (QED) is 0.758. The molecule has 2 rings (SSSR count). The molecule has 0 spiro atoms. The molecule has 0 bridgehead atoms. The highest BCUT2D eigenvalue weighted by Crippen LogP contribution is 2.02. The van der Waals surface area contributed by atoms with E-state index < -0.39 is 0 Å². The van der Waals surface area contributed by atoms with Gasteiger partial charge in [-0.15, -0.1) is 0 Å². The van der Waals surface area contributed by atoms with E-state index in [4.69, 9.17) is 0 Å². The van der Waals surface area contributed by atoms with Gasteiger partial charge < -0.3 is 5.32 Å². The van der Waals surface area contributed by atoms with Crippen molar-refractivity contribution in [3.63, 3.8) is 0 Å². The Labute approximate surface area is 128 Å². The topological polar surface area (TPSA) is 84.0 Å². The van der Waals surface area contributed by atoms with Crippen LogP contribution in [0.25, 0.3) is 10.8 Å². The maximum atomic E-state index is 12.2. The lowest BCUT2D eigenvalue weighted by atomic mass is 10.2. The molecule has 0 aliphatic carbocycles. The third kappa shape index (κ3) is 3.84. The molecule has 0 radical (unpaired) electrons. The summed E-state index contributed by atoms with van der Waals surface area (Å²) in [7, 11) is 0. The van der Waals surface area contributed by atoms with E-state index in [1.165, 1.54) is 0 Å². The van der Waals surface area contributed by atoms with E-state index in [-0.39, 0.29) is 23.6 Å². The molecule has 2 aromatic rings. The monoisotopic (exact) mass is 303 g/mol. The average molecular weight is 303 g/mol. The SMILES string of the molecule is CCCCCCNC(=O)Cn1[nH]c(=O)c2ccccc2c1=O. The van der Waals surface area contributed by atoms with E-state index in [2.05, 4.69) is 17.3 Å². The maximum absolute atomic E-state index is 12.2. The van der Waals surface area contributed by atoms with E-state index in [9.17, 15) is 14.4 Å². The lowest BCUT2D eigenvalue weighted by molar-refractivity contribution is -0.121. The number of nitrogens with zero attached hydrogens (tertiary/aromatic N) is 1. The third-order valence-electron chi connectivity index (χ3n) is 3.54. The number of carbonyl (C=O) groups excluding carboxylic acids is 1. The van der Waals surface area contributed by atoms with Crippen molar-refractivity contribution in [2.45, 2.75) is 39.2 Å². The van der Waals surface area contributed by atoms with E-state index in [0.717, 1.165) is 30.4 Å². The van der Waals surface area contributed by atoms with Gasteiger partial charge in [0, 0.05) is 6.54 Å². The number of amides is 1. The second-order valence-corrected chi connectivity index (χ2v) is 5.29. The molecule has 1 aromatic heterocycles. The van der Waals surface area contributed by atoms with Gasteiger partial charge in [0.05, 0.1) is 10.8 Å². The number of hydrogen-bond acceptors (Lipinski definition) is 3. The van der Waals surface area contributed by atoms with Gasteiger partial charge in [0.25, 0.3) is 11.1 Å². The molecule has 0 aliphatic rings. The number of rotatable bonds is 7. The molecule has 6 heteroatoms. The largest absolute Gasteiger partial charge is 0.354 e. The summed E-state index contributed by atoms with van der Waals surface area (Å²) in [5.41, 5.74) is -0.734. The summed E-state index contributed by atoms with van der Waals surface area (Å²) in [6.45, 7) is 2.54. The number of H-pyrrole nitrogens is 1. The molecule has 1 amide bonds. The first kappa shape index (κ1) is 16.0. The standard InChI is InChI=1S/C16H21N3O3/c1-2-3-4-7-10-17-14(20)11-19-16(22)13-9-6-5-8-12(13)15(21)18-19/h5-6,8-9H,2-4,7,10-11H2,1H3,(H,17,20)(H,18,21). The van der Waals surface area contributed by atoms with Crippen LogP contribution in [0, 0.1) is 0 Å². The molecule has 0 atom stereocenters. The van der Waals surface area contributed by atoms with Crippen LogP contribution in [0.15, 0.2) is 33.9 Å². The molecular weight excluding hydrogens is 282 g/mol. The van der Waals surface area contributed by atoms with Crippen molar-refractivity contribution in [3.05, 3.63) is 45.0 Å². The average Bonchev–Trinajstić information content (AvgIpc) is 2.52. The van der Waals surface area contributed by atoms with Crippen molar-refractivity contribution in [1.29, 1.82) is 0 Å². The van der Waals surface area contributed by atoms with Crippen molar-refractivity contribution in [3.8, 4) is 0 Å². The molecule has 0 aliphatic heterocycles. The summed E-state index contributed by atoms with van der Waals surface area (Å²) in [6, 6.07) is 6.57. The zero-order chi connectivity index (χ0) is 15.9. The Kier molecular flexibility index (Phi) is 5.52. The molecule has 1 aromatic carbocycles. The van der Waals surface area contributed by atoms with Crippen LogP contribution in [0.4, 0.5) is 0 Å². The minimum Gasteiger partial charge on any atom is -0.354 e. The van der Waals surface area contributed by atoms with Crippen LogP contribution in [0.2, 0.25) is 0 Å². The molecule has 0 saturated carbocycles. The lowest BCUT2D eigenvalue weighted by Gasteiger charge is -2.08. The summed E-state index contributed by atoms with van der Waals surface area (Å²) >= 11 is 0. The summed E-state index contributed by atoms with van der Waals surface area (Å²) in [5.74, 6) is -0.274. The zero-order valence-electron chi connectivity index (χ0n) is 12.7. The Morgan fingerprint density at radius 1 is 1.14 bits per heavy atom. The summed E-state index contributed by atoms with van der Waals surface area (Å²) in [4.78, 5) is 36.0. The summed E-state index contributed by atoms with van der Waals surface area (Å²) in [5, 5.41) is 5.87. The van der Waals surface area contributed by atoms with Gasteiger partial charge in [0.15, 0.2) is 0 Å². The number of unbranched alkanes of at least 4 members (excludes halogenated alkanes) is 3. The smallest absolute Gasteiger partial charge is 0.273 e. The van der Waals surface area contributed by atoms with Gasteiger partial charge in [0.2, 0.25) is 5.91 Å². The highest BCUT2D eigenvalue weighted by atomic mass is 16.2. The van der Waals surface area contributed by atoms with Crippen molar-refractivity contribution in [2.75, 3.05) is 6.54 Å². The first-order chi connectivity index (χ1) is 10.6. The van der Waals surface area contributed by atoms with E-state index in [1.807, 2.05) is 0 Å². The lowest BCUT2D eigenvalue weighted by Crippen LogP contribution is -2.37. The normalized spacial score (nSPS) is 10.8. The molecular formula is C16H21N3O3. The van der Waals surface area contributed by atoms with E-state index >= 15 is 0 Å². The number of hydrogen-bond donors (Lipinski definition) is 2. The highest BCUT2D eigenvalue weighted by Gasteiger charge is 2.09. The van der Waals surface area contributed by atoms with Crippen molar-refractivity contribution in [1.82, 2.24) is 15.1 Å². The zero-order valence-corrected chi connectivity index (χ0v) is 12.7. The van der Waals surface area contributed by atoms with Gasteiger partial charge >= 0.3 is 0 Å². The number of fused-ring (bicyclic) bond motifs is 1. The third-order valence-corrected chi connectivity index (χ3v) is 3.54.